The third-order valence-electron chi connectivity index (χ3n) is 4.27. The summed E-state index contributed by atoms with van der Waals surface area (Å²) in [4.78, 5) is 30.1. The van der Waals surface area contributed by atoms with Gasteiger partial charge in [-0.25, -0.2) is 4.79 Å². The van der Waals surface area contributed by atoms with Crippen LogP contribution in [0.1, 0.15) is 46.5 Å². The van der Waals surface area contributed by atoms with Gasteiger partial charge in [0.05, 0.1) is 25.4 Å². The first-order valence-corrected chi connectivity index (χ1v) is 9.64. The summed E-state index contributed by atoms with van der Waals surface area (Å²) >= 11 is 6.38. The Morgan fingerprint density at radius 2 is 1.96 bits per heavy atom. The molecule has 0 bridgehead atoms. The summed E-state index contributed by atoms with van der Waals surface area (Å²) in [5.41, 5.74) is 5.66. The molecule has 1 rings (SSSR count). The average molecular weight is 402 g/mol. The molecule has 1 fully saturated rings. The van der Waals surface area contributed by atoms with Gasteiger partial charge in [-0.2, -0.15) is 0 Å². The molecule has 2 N–H and O–H groups in total. The Morgan fingerprint density at radius 1 is 1.37 bits per heavy atom. The molecule has 0 radical (unpaired) electrons. The fraction of sp³-hybridized carbons (Fsp3) is 0.737. The summed E-state index contributed by atoms with van der Waals surface area (Å²) in [5.74, 6) is -0.452. The molecule has 0 aromatic heterocycles. The van der Waals surface area contributed by atoms with Crippen LogP contribution in [-0.4, -0.2) is 60.0 Å². The molecule has 1 aliphatic heterocycles. The predicted octanol–water partition coefficient (Wildman–Crippen LogP) is 3.11. The highest BCUT2D eigenvalue weighted by Gasteiger charge is 2.29. The third kappa shape index (κ3) is 8.20. The van der Waals surface area contributed by atoms with Crippen molar-refractivity contribution in [2.75, 3.05) is 20.2 Å². The van der Waals surface area contributed by atoms with Gasteiger partial charge in [-0.05, 0) is 40.0 Å². The molecular formula is C19H32ClN3O4. The van der Waals surface area contributed by atoms with Crippen molar-refractivity contribution in [1.29, 1.82) is 0 Å². The normalized spacial score (nSPS) is 18.6. The Bertz CT molecular complexity index is 552. The van der Waals surface area contributed by atoms with Gasteiger partial charge >= 0.3 is 12.1 Å². The second kappa shape index (κ2) is 10.5. The lowest BCUT2D eigenvalue weighted by Gasteiger charge is -2.32. The fourth-order valence-electron chi connectivity index (χ4n) is 2.81. The third-order valence-corrected chi connectivity index (χ3v) is 4.75. The second-order valence-corrected chi connectivity index (χ2v) is 8.24. The molecule has 0 aromatic rings. The molecule has 27 heavy (non-hydrogen) atoms. The molecule has 1 amide bonds. The Kier molecular flexibility index (Phi) is 9.09. The molecule has 2 atom stereocenters. The molecule has 0 saturated carbocycles. The number of carbonyl (C=O) groups is 2. The number of nitrogens with zero attached hydrogens (tertiary/aromatic N) is 2. The number of piperidine rings is 1. The molecule has 2 unspecified atom stereocenters. The van der Waals surface area contributed by atoms with E-state index in [1.54, 1.807) is 11.0 Å². The van der Waals surface area contributed by atoms with E-state index in [1.807, 2.05) is 20.8 Å². The van der Waals surface area contributed by atoms with Gasteiger partial charge < -0.3 is 20.1 Å². The van der Waals surface area contributed by atoms with E-state index in [-0.39, 0.29) is 29.9 Å². The summed E-state index contributed by atoms with van der Waals surface area (Å²) in [6, 6.07) is -0.0172. The van der Waals surface area contributed by atoms with Crippen molar-refractivity contribution >= 4 is 29.5 Å². The van der Waals surface area contributed by atoms with Crippen LogP contribution in [0.15, 0.2) is 17.6 Å². The van der Waals surface area contributed by atoms with E-state index < -0.39 is 11.5 Å². The number of amides is 1. The van der Waals surface area contributed by atoms with Crippen molar-refractivity contribution in [2.45, 2.75) is 63.5 Å². The van der Waals surface area contributed by atoms with E-state index in [4.69, 9.17) is 26.8 Å². The van der Waals surface area contributed by atoms with Crippen molar-refractivity contribution in [2.24, 2.45) is 16.6 Å². The maximum absolute atomic E-state index is 12.1. The molecule has 0 aliphatic carbocycles. The van der Waals surface area contributed by atoms with Crippen molar-refractivity contribution in [3.63, 3.8) is 0 Å². The van der Waals surface area contributed by atoms with Gasteiger partial charge in [0.1, 0.15) is 5.60 Å². The van der Waals surface area contributed by atoms with Crippen LogP contribution < -0.4 is 5.73 Å². The monoisotopic (exact) mass is 401 g/mol. The number of hydrogen-bond donors (Lipinski definition) is 1. The van der Waals surface area contributed by atoms with Gasteiger partial charge in [-0.1, -0.05) is 6.08 Å². The van der Waals surface area contributed by atoms with E-state index in [1.165, 1.54) is 7.11 Å². The minimum atomic E-state index is -0.516. The largest absolute Gasteiger partial charge is 0.469 e. The quantitative estimate of drug-likeness (QED) is 0.232. The van der Waals surface area contributed by atoms with Gasteiger partial charge in [-0.3, -0.25) is 9.79 Å². The first-order valence-electron chi connectivity index (χ1n) is 9.20. The molecule has 0 spiro atoms. The number of hydrogen-bond acceptors (Lipinski definition) is 5. The van der Waals surface area contributed by atoms with Crippen LogP contribution in [0, 0.1) is 5.92 Å². The summed E-state index contributed by atoms with van der Waals surface area (Å²) in [5, 5.41) is -0.382. The van der Waals surface area contributed by atoms with Crippen LogP contribution in [0.4, 0.5) is 4.79 Å². The maximum Gasteiger partial charge on any atom is 0.410 e. The van der Waals surface area contributed by atoms with Crippen LogP contribution in [-0.2, 0) is 14.3 Å². The molecule has 1 aliphatic rings. The highest BCUT2D eigenvalue weighted by Crippen LogP contribution is 2.22. The standard InChI is InChI=1S/C19H32ClN3O4/c1-6-7-15(20)14(12-16(24)26-5)17(21)22-13-8-10-23(11-9-13)18(25)27-19(2,3)4/h6,13-15H,1,7-12H2,2-5H3,(H2,21,22). The number of aliphatic imine (C=N–C) groups is 1. The molecule has 1 heterocycles. The van der Waals surface area contributed by atoms with E-state index in [0.29, 0.717) is 38.2 Å². The summed E-state index contributed by atoms with van der Waals surface area (Å²) < 4.78 is 10.1. The Balaban J connectivity index is 2.71. The van der Waals surface area contributed by atoms with Crippen LogP contribution in [0.25, 0.3) is 0 Å². The first kappa shape index (κ1) is 23.3. The topological polar surface area (TPSA) is 94.2 Å². The number of halogens is 1. The lowest BCUT2D eigenvalue weighted by molar-refractivity contribution is -0.141. The predicted molar refractivity (Wildman–Crippen MR) is 107 cm³/mol. The number of carbonyl (C=O) groups excluding carboxylic acids is 2. The van der Waals surface area contributed by atoms with Gasteiger partial charge in [0, 0.05) is 24.4 Å². The summed E-state index contributed by atoms with van der Waals surface area (Å²) in [6.07, 6.45) is 3.32. The second-order valence-electron chi connectivity index (χ2n) is 7.68. The highest BCUT2D eigenvalue weighted by molar-refractivity contribution is 6.22. The Morgan fingerprint density at radius 3 is 2.44 bits per heavy atom. The smallest absolute Gasteiger partial charge is 0.410 e. The van der Waals surface area contributed by atoms with Crippen LogP contribution in [0.5, 0.6) is 0 Å². The van der Waals surface area contributed by atoms with Crippen LogP contribution in [0.2, 0.25) is 0 Å². The fourth-order valence-corrected chi connectivity index (χ4v) is 3.16. The minimum Gasteiger partial charge on any atom is -0.469 e. The summed E-state index contributed by atoms with van der Waals surface area (Å²) in [7, 11) is 1.33. The Labute approximate surface area is 166 Å². The number of amidine groups is 1. The number of likely N-dealkylation sites (tertiary alicyclic amines) is 1. The Hall–Kier alpha value is -1.76. The first-order chi connectivity index (χ1) is 12.6. The van der Waals surface area contributed by atoms with E-state index in [0.717, 1.165) is 0 Å². The number of rotatable bonds is 7. The van der Waals surface area contributed by atoms with Gasteiger partial charge in [-0.15, -0.1) is 18.2 Å². The van der Waals surface area contributed by atoms with E-state index in [9.17, 15) is 9.59 Å². The highest BCUT2D eigenvalue weighted by atomic mass is 35.5. The molecule has 0 aromatic carbocycles. The number of methoxy groups -OCH3 is 1. The lowest BCUT2D eigenvalue weighted by Crippen LogP contribution is -2.43. The zero-order valence-corrected chi connectivity index (χ0v) is 17.5. The number of esters is 1. The summed E-state index contributed by atoms with van der Waals surface area (Å²) in [6.45, 7) is 10.3. The molecule has 7 nitrogen and oxygen atoms in total. The van der Waals surface area contributed by atoms with E-state index in [2.05, 4.69) is 11.6 Å². The van der Waals surface area contributed by atoms with Crippen molar-refractivity contribution in [3.8, 4) is 0 Å². The maximum atomic E-state index is 12.1. The van der Waals surface area contributed by atoms with Crippen molar-refractivity contribution in [1.82, 2.24) is 4.90 Å². The SMILES string of the molecule is C=CCC(Cl)C(CC(=O)OC)C(N)=NC1CCN(C(=O)OC(C)(C)C)CC1. The number of nitrogens with two attached hydrogens (primary N) is 1. The van der Waals surface area contributed by atoms with Crippen LogP contribution >= 0.6 is 11.6 Å². The van der Waals surface area contributed by atoms with Gasteiger partial charge in [0.25, 0.3) is 0 Å². The zero-order chi connectivity index (χ0) is 20.6. The van der Waals surface area contributed by atoms with Crippen LogP contribution in [0.3, 0.4) is 0 Å². The molecule has 154 valence electrons. The number of alkyl halides is 1. The zero-order valence-electron chi connectivity index (χ0n) is 16.7. The molecule has 1 saturated heterocycles. The minimum absolute atomic E-state index is 0.0172. The molecule has 8 heteroatoms. The van der Waals surface area contributed by atoms with E-state index >= 15 is 0 Å². The lowest BCUT2D eigenvalue weighted by atomic mass is 9.96. The average Bonchev–Trinajstić information content (AvgIpc) is 2.58. The number of ether oxygens (including phenoxy) is 2. The van der Waals surface area contributed by atoms with Gasteiger partial charge in [0.2, 0.25) is 0 Å². The number of allylic oxidation sites excluding steroid dienone is 1. The van der Waals surface area contributed by atoms with Crippen molar-refractivity contribution < 1.29 is 19.1 Å². The van der Waals surface area contributed by atoms with Gasteiger partial charge in [0.15, 0.2) is 0 Å². The molecular weight excluding hydrogens is 370 g/mol. The van der Waals surface area contributed by atoms with Crippen molar-refractivity contribution in [3.05, 3.63) is 12.7 Å².